The van der Waals surface area contributed by atoms with Crippen LogP contribution in [0.4, 0.5) is 5.69 Å². The van der Waals surface area contributed by atoms with Crippen LogP contribution in [0.1, 0.15) is 83.2 Å². The third-order valence-electron chi connectivity index (χ3n) is 7.42. The maximum Gasteiger partial charge on any atom is 0.256 e. The lowest BCUT2D eigenvalue weighted by Crippen LogP contribution is -2.55. The van der Waals surface area contributed by atoms with E-state index in [1.807, 2.05) is 0 Å². The summed E-state index contributed by atoms with van der Waals surface area (Å²) in [7, 11) is 0. The van der Waals surface area contributed by atoms with E-state index in [2.05, 4.69) is 15.1 Å². The zero-order valence-electron chi connectivity index (χ0n) is 19.7. The van der Waals surface area contributed by atoms with Crippen LogP contribution in [0.3, 0.4) is 0 Å². The van der Waals surface area contributed by atoms with Gasteiger partial charge in [0, 0.05) is 42.9 Å². The van der Waals surface area contributed by atoms with E-state index in [9.17, 15) is 14.4 Å². The molecule has 34 heavy (non-hydrogen) atoms. The van der Waals surface area contributed by atoms with Crippen LogP contribution in [-0.4, -0.2) is 59.6 Å². The van der Waals surface area contributed by atoms with Crippen molar-refractivity contribution in [1.82, 2.24) is 9.80 Å². The summed E-state index contributed by atoms with van der Waals surface area (Å²) in [6.45, 7) is 3.64. The molecule has 2 fully saturated rings. The largest absolute Gasteiger partial charge is 0.323 e. The topological polar surface area (TPSA) is 69.7 Å². The molecule has 3 aliphatic rings. The summed E-state index contributed by atoms with van der Waals surface area (Å²) in [4.78, 5) is 45.0. The number of nitrogens with zero attached hydrogens (tertiary/aromatic N) is 2. The summed E-state index contributed by atoms with van der Waals surface area (Å²) >= 11 is 0. The highest BCUT2D eigenvalue weighted by Gasteiger charge is 2.35. The lowest BCUT2D eigenvalue weighted by molar-refractivity contribution is -0.128. The van der Waals surface area contributed by atoms with E-state index in [0.717, 1.165) is 51.9 Å². The average molecular weight is 460 g/mol. The summed E-state index contributed by atoms with van der Waals surface area (Å²) in [6.07, 6.45) is 8.85. The van der Waals surface area contributed by atoms with Gasteiger partial charge in [-0.1, -0.05) is 62.1 Å². The molecule has 1 aliphatic carbocycles. The van der Waals surface area contributed by atoms with Crippen molar-refractivity contribution in [1.29, 1.82) is 0 Å². The second-order valence-electron chi connectivity index (χ2n) is 9.70. The number of amides is 1. The molecular formula is C28H33N3O3. The lowest BCUT2D eigenvalue weighted by Gasteiger charge is -2.38. The van der Waals surface area contributed by atoms with E-state index in [-0.39, 0.29) is 23.6 Å². The molecule has 0 radical (unpaired) electrons. The monoisotopic (exact) mass is 459 g/mol. The molecule has 2 aliphatic heterocycles. The Hall–Kier alpha value is -2.83. The summed E-state index contributed by atoms with van der Waals surface area (Å²) in [5.41, 5.74) is 1.94. The van der Waals surface area contributed by atoms with Crippen molar-refractivity contribution in [2.75, 3.05) is 31.5 Å². The summed E-state index contributed by atoms with van der Waals surface area (Å²) in [5.74, 6) is -0.476. The summed E-state index contributed by atoms with van der Waals surface area (Å²) in [6, 6.07) is 12.1. The van der Waals surface area contributed by atoms with Gasteiger partial charge in [-0.2, -0.15) is 0 Å². The van der Waals surface area contributed by atoms with Crippen molar-refractivity contribution in [2.45, 2.75) is 57.5 Å². The molecule has 1 amide bonds. The molecule has 0 atom stereocenters. The Bertz CT molecular complexity index is 1060. The highest BCUT2D eigenvalue weighted by molar-refractivity contribution is 6.30. The SMILES string of the molecule is O=C1c2ccccc2C(=O)c2c(NC(=O)C(N3CCCCCC3)N3CCCCCC3)cccc21. The molecule has 0 bridgehead atoms. The van der Waals surface area contributed by atoms with Gasteiger partial charge in [0.15, 0.2) is 11.6 Å². The molecule has 0 saturated carbocycles. The minimum Gasteiger partial charge on any atom is -0.323 e. The Morgan fingerprint density at radius 1 is 0.647 bits per heavy atom. The lowest BCUT2D eigenvalue weighted by atomic mass is 9.83. The van der Waals surface area contributed by atoms with E-state index in [1.54, 1.807) is 42.5 Å². The fraction of sp³-hybridized carbons (Fsp3) is 0.464. The predicted octanol–water partition coefficient (Wildman–Crippen LogP) is 4.48. The number of likely N-dealkylation sites (tertiary alicyclic amines) is 2. The Kier molecular flexibility index (Phi) is 6.88. The summed E-state index contributed by atoms with van der Waals surface area (Å²) < 4.78 is 0. The fourth-order valence-corrected chi connectivity index (χ4v) is 5.69. The van der Waals surface area contributed by atoms with Crippen LogP contribution in [0, 0.1) is 0 Å². The zero-order valence-corrected chi connectivity index (χ0v) is 19.7. The zero-order chi connectivity index (χ0) is 23.5. The molecule has 1 N–H and O–H groups in total. The van der Waals surface area contributed by atoms with Crippen molar-refractivity contribution >= 4 is 23.2 Å². The molecule has 0 aromatic heterocycles. The van der Waals surface area contributed by atoms with E-state index in [4.69, 9.17) is 0 Å². The van der Waals surface area contributed by atoms with Gasteiger partial charge in [0.25, 0.3) is 5.91 Å². The van der Waals surface area contributed by atoms with Crippen LogP contribution in [-0.2, 0) is 4.79 Å². The Balaban J connectivity index is 1.47. The fourth-order valence-electron chi connectivity index (χ4n) is 5.69. The van der Waals surface area contributed by atoms with Crippen LogP contribution >= 0.6 is 0 Å². The van der Waals surface area contributed by atoms with Crippen LogP contribution in [0.15, 0.2) is 42.5 Å². The third-order valence-corrected chi connectivity index (χ3v) is 7.42. The van der Waals surface area contributed by atoms with Crippen molar-refractivity contribution in [2.24, 2.45) is 0 Å². The Labute approximate surface area is 201 Å². The molecule has 2 heterocycles. The van der Waals surface area contributed by atoms with Crippen molar-refractivity contribution in [3.8, 4) is 0 Å². The number of carbonyl (C=O) groups excluding carboxylic acids is 3. The molecule has 6 heteroatoms. The van der Waals surface area contributed by atoms with Crippen molar-refractivity contribution in [3.05, 3.63) is 64.7 Å². The standard InChI is InChI=1S/C28H33N3O3/c32-25-20-12-5-6-13-21(20)26(33)24-22(25)14-11-15-23(24)29-27(34)28(30-16-7-1-2-8-17-30)31-18-9-3-4-10-19-31/h5-6,11-15,28H,1-4,7-10,16-19H2,(H,29,34). The number of hydrogen-bond donors (Lipinski definition) is 1. The van der Waals surface area contributed by atoms with Gasteiger partial charge < -0.3 is 5.32 Å². The van der Waals surface area contributed by atoms with Crippen LogP contribution in [0.5, 0.6) is 0 Å². The highest BCUT2D eigenvalue weighted by Crippen LogP contribution is 2.32. The molecule has 0 spiro atoms. The maximum absolute atomic E-state index is 13.9. The second-order valence-corrected chi connectivity index (χ2v) is 9.70. The number of ketones is 2. The first kappa shape index (κ1) is 22.9. The number of rotatable bonds is 4. The molecule has 2 aromatic rings. The normalized spacial score (nSPS) is 19.8. The van der Waals surface area contributed by atoms with Crippen LogP contribution in [0.2, 0.25) is 0 Å². The second kappa shape index (κ2) is 10.2. The van der Waals surface area contributed by atoms with E-state index in [1.165, 1.54) is 25.7 Å². The molecule has 0 unspecified atom stereocenters. The van der Waals surface area contributed by atoms with Crippen LogP contribution < -0.4 is 5.32 Å². The first-order chi connectivity index (χ1) is 16.6. The minimum atomic E-state index is -0.353. The van der Waals surface area contributed by atoms with E-state index < -0.39 is 0 Å². The molecule has 5 rings (SSSR count). The van der Waals surface area contributed by atoms with Gasteiger partial charge in [0.2, 0.25) is 0 Å². The van der Waals surface area contributed by atoms with E-state index in [0.29, 0.717) is 27.9 Å². The van der Waals surface area contributed by atoms with Gasteiger partial charge in [0.1, 0.15) is 6.17 Å². The number of nitrogens with one attached hydrogen (secondary N) is 1. The molecular weight excluding hydrogens is 426 g/mol. The van der Waals surface area contributed by atoms with E-state index >= 15 is 0 Å². The van der Waals surface area contributed by atoms with Gasteiger partial charge in [-0.15, -0.1) is 0 Å². The number of anilines is 1. The van der Waals surface area contributed by atoms with Crippen molar-refractivity contribution < 1.29 is 14.4 Å². The van der Waals surface area contributed by atoms with Gasteiger partial charge in [-0.25, -0.2) is 0 Å². The number of benzene rings is 2. The average Bonchev–Trinajstić information content (AvgIpc) is 3.29. The predicted molar refractivity (Wildman–Crippen MR) is 132 cm³/mol. The first-order valence-corrected chi connectivity index (χ1v) is 12.8. The van der Waals surface area contributed by atoms with Gasteiger partial charge >= 0.3 is 0 Å². The van der Waals surface area contributed by atoms with Gasteiger partial charge in [0.05, 0.1) is 11.3 Å². The number of hydrogen-bond acceptors (Lipinski definition) is 5. The maximum atomic E-state index is 13.9. The molecule has 6 nitrogen and oxygen atoms in total. The van der Waals surface area contributed by atoms with Gasteiger partial charge in [-0.3, -0.25) is 24.2 Å². The Morgan fingerprint density at radius 3 is 1.71 bits per heavy atom. The third kappa shape index (κ3) is 4.44. The Morgan fingerprint density at radius 2 is 1.15 bits per heavy atom. The summed E-state index contributed by atoms with van der Waals surface area (Å²) in [5, 5.41) is 3.09. The highest BCUT2D eigenvalue weighted by atomic mass is 16.2. The smallest absolute Gasteiger partial charge is 0.256 e. The van der Waals surface area contributed by atoms with Crippen LogP contribution in [0.25, 0.3) is 0 Å². The first-order valence-electron chi connectivity index (χ1n) is 12.8. The number of carbonyl (C=O) groups is 3. The molecule has 2 saturated heterocycles. The molecule has 178 valence electrons. The quantitative estimate of drug-likeness (QED) is 0.623. The van der Waals surface area contributed by atoms with Crippen molar-refractivity contribution in [3.63, 3.8) is 0 Å². The number of fused-ring (bicyclic) bond motifs is 2. The minimum absolute atomic E-state index is 0.101. The van der Waals surface area contributed by atoms with Gasteiger partial charge in [-0.05, 0) is 31.7 Å². The molecule has 2 aromatic carbocycles.